The summed E-state index contributed by atoms with van der Waals surface area (Å²) in [5, 5.41) is 11.1. The van der Waals surface area contributed by atoms with Crippen LogP contribution in [0.5, 0.6) is 0 Å². The van der Waals surface area contributed by atoms with Crippen molar-refractivity contribution in [3.05, 3.63) is 89.5 Å². The highest BCUT2D eigenvalue weighted by molar-refractivity contribution is 6.34. The number of ether oxygens (including phenoxy) is 1. The zero-order valence-corrected chi connectivity index (χ0v) is 26.2. The third-order valence-corrected chi connectivity index (χ3v) is 10.5. The molecule has 0 aromatic heterocycles. The Balaban J connectivity index is 1.50. The van der Waals surface area contributed by atoms with Gasteiger partial charge in [0.15, 0.2) is 0 Å². The highest BCUT2D eigenvalue weighted by atomic mass is 35.5. The normalized spacial score (nSPS) is 31.0. The molecule has 1 unspecified atom stereocenters. The number of likely N-dealkylation sites (tertiary alicyclic amines) is 1. The van der Waals surface area contributed by atoms with Crippen LogP contribution in [0.25, 0.3) is 0 Å². The van der Waals surface area contributed by atoms with E-state index in [1.54, 1.807) is 32.9 Å². The lowest BCUT2D eigenvalue weighted by Crippen LogP contribution is -2.60. The van der Waals surface area contributed by atoms with Crippen molar-refractivity contribution in [1.82, 2.24) is 9.80 Å². The zero-order valence-electron chi connectivity index (χ0n) is 25.4. The maximum absolute atomic E-state index is 14.9. The van der Waals surface area contributed by atoms with Gasteiger partial charge in [-0.05, 0) is 30.0 Å². The third kappa shape index (κ3) is 4.61. The number of amides is 3. The van der Waals surface area contributed by atoms with Crippen LogP contribution in [0.2, 0.25) is 5.02 Å². The first kappa shape index (κ1) is 30.6. The van der Waals surface area contributed by atoms with Gasteiger partial charge in [-0.3, -0.25) is 14.4 Å². The first-order valence-electron chi connectivity index (χ1n) is 15.6. The van der Waals surface area contributed by atoms with Crippen LogP contribution in [-0.4, -0.2) is 75.6 Å². The molecule has 232 valence electrons. The molecule has 0 aliphatic carbocycles. The Hall–Kier alpha value is -3.46. The smallest absolute Gasteiger partial charge is 0.253 e. The van der Waals surface area contributed by atoms with Crippen molar-refractivity contribution >= 4 is 35.0 Å². The van der Waals surface area contributed by atoms with Gasteiger partial charge in [0.05, 0.1) is 40.8 Å². The lowest BCUT2D eigenvalue weighted by Gasteiger charge is -2.42. The maximum Gasteiger partial charge on any atom is 0.253 e. The quantitative estimate of drug-likeness (QED) is 0.437. The summed E-state index contributed by atoms with van der Waals surface area (Å²) < 4.78 is 7.09. The standard InChI is InChI=1S/C35H40ClN3O5/c1-4-23(3)27(22-40)39-30-33(43)38(26-16-10-9-15-25(26)36)20-12-18-35(30)29(32(39)42)28-31(41)37(21-24-13-7-6-8-14-24)19-11-17-34(28,5-2)44-35/h6-18,23,27-30,40H,4-5,19-22H2,1-3H3/t23-,27-,28+,29-,30?,34-,35-/m0/s1. The van der Waals surface area contributed by atoms with Gasteiger partial charge in [0.25, 0.3) is 5.91 Å². The van der Waals surface area contributed by atoms with E-state index in [-0.39, 0.29) is 36.8 Å². The second kappa shape index (κ2) is 11.8. The predicted octanol–water partition coefficient (Wildman–Crippen LogP) is 4.61. The molecule has 2 aromatic carbocycles. The van der Waals surface area contributed by atoms with Crippen LogP contribution < -0.4 is 4.90 Å². The molecule has 9 heteroatoms. The monoisotopic (exact) mass is 617 g/mol. The summed E-state index contributed by atoms with van der Waals surface area (Å²) in [5.74, 6) is -2.77. The number of halogens is 1. The number of para-hydroxylation sites is 1. The number of hydrogen-bond donors (Lipinski definition) is 1. The molecule has 0 saturated carbocycles. The lowest BCUT2D eigenvalue weighted by molar-refractivity contribution is -0.154. The maximum atomic E-state index is 14.9. The number of rotatable bonds is 8. The fraction of sp³-hybridized carbons (Fsp3) is 0.457. The highest BCUT2D eigenvalue weighted by Crippen LogP contribution is 2.59. The van der Waals surface area contributed by atoms with Gasteiger partial charge in [-0.25, -0.2) is 0 Å². The molecular formula is C35H40ClN3O5. The SMILES string of the molecule is CC[C@H](C)[C@H](CO)N1C(=O)[C@@H]2[C@@H]3C(=O)N(Cc4ccccc4)CC=C[C@]3(CC)O[C@@]23C=CCN(c2ccccc2Cl)C(=O)C13. The van der Waals surface area contributed by atoms with Gasteiger partial charge in [0.2, 0.25) is 11.8 Å². The van der Waals surface area contributed by atoms with Gasteiger partial charge in [0.1, 0.15) is 11.6 Å². The summed E-state index contributed by atoms with van der Waals surface area (Å²) in [6.07, 6.45) is 8.72. The summed E-state index contributed by atoms with van der Waals surface area (Å²) in [5.41, 5.74) is -0.978. The van der Waals surface area contributed by atoms with Crippen LogP contribution in [-0.2, 0) is 25.7 Å². The molecule has 0 bridgehead atoms. The number of aliphatic hydroxyl groups excluding tert-OH is 1. The van der Waals surface area contributed by atoms with Crippen LogP contribution in [0.3, 0.4) is 0 Å². The lowest BCUT2D eigenvalue weighted by atomic mass is 9.73. The summed E-state index contributed by atoms with van der Waals surface area (Å²) in [6.45, 7) is 6.60. The van der Waals surface area contributed by atoms with Crippen molar-refractivity contribution in [3.8, 4) is 0 Å². The average molecular weight is 618 g/mol. The van der Waals surface area contributed by atoms with E-state index in [0.29, 0.717) is 36.6 Å². The number of fused-ring (bicyclic) bond motifs is 2. The van der Waals surface area contributed by atoms with Crippen molar-refractivity contribution in [3.63, 3.8) is 0 Å². The molecule has 1 spiro atoms. The van der Waals surface area contributed by atoms with Crippen molar-refractivity contribution in [2.45, 2.75) is 63.4 Å². The highest BCUT2D eigenvalue weighted by Gasteiger charge is 2.76. The molecule has 2 aromatic rings. The van der Waals surface area contributed by atoms with Crippen molar-refractivity contribution < 1.29 is 24.2 Å². The second-order valence-electron chi connectivity index (χ2n) is 12.4. The number of nitrogens with zero attached hydrogens (tertiary/aromatic N) is 3. The van der Waals surface area contributed by atoms with Crippen molar-refractivity contribution in [2.24, 2.45) is 17.8 Å². The summed E-state index contributed by atoms with van der Waals surface area (Å²) in [6, 6.07) is 15.2. The fourth-order valence-corrected chi connectivity index (χ4v) is 7.99. The van der Waals surface area contributed by atoms with Crippen molar-refractivity contribution in [1.29, 1.82) is 0 Å². The molecule has 6 rings (SSSR count). The summed E-state index contributed by atoms with van der Waals surface area (Å²) in [4.78, 5) is 49.2. The molecule has 1 N–H and O–H groups in total. The Morgan fingerprint density at radius 2 is 1.64 bits per heavy atom. The summed E-state index contributed by atoms with van der Waals surface area (Å²) in [7, 11) is 0. The minimum absolute atomic E-state index is 0.108. The molecule has 3 amide bonds. The number of hydrogen-bond acceptors (Lipinski definition) is 5. The molecule has 4 aliphatic heterocycles. The van der Waals surface area contributed by atoms with Crippen LogP contribution in [0.15, 0.2) is 78.9 Å². The third-order valence-electron chi connectivity index (χ3n) is 10.2. The Morgan fingerprint density at radius 3 is 2.32 bits per heavy atom. The van der Waals surface area contributed by atoms with Gasteiger partial charge in [-0.15, -0.1) is 0 Å². The van der Waals surface area contributed by atoms with Gasteiger partial charge < -0.3 is 24.5 Å². The number of benzene rings is 2. The molecule has 4 aliphatic rings. The Bertz CT molecular complexity index is 1500. The number of anilines is 1. The van der Waals surface area contributed by atoms with Gasteiger partial charge in [-0.2, -0.15) is 0 Å². The molecule has 8 nitrogen and oxygen atoms in total. The van der Waals surface area contributed by atoms with E-state index in [1.165, 1.54) is 0 Å². The minimum atomic E-state index is -1.42. The Kier molecular flexibility index (Phi) is 8.20. The van der Waals surface area contributed by atoms with E-state index in [4.69, 9.17) is 16.3 Å². The van der Waals surface area contributed by atoms with Crippen LogP contribution in [0, 0.1) is 17.8 Å². The predicted molar refractivity (Wildman–Crippen MR) is 169 cm³/mol. The van der Waals surface area contributed by atoms with E-state index in [9.17, 15) is 19.5 Å². The Labute approximate surface area is 263 Å². The molecule has 2 saturated heterocycles. The van der Waals surface area contributed by atoms with Crippen LogP contribution >= 0.6 is 11.6 Å². The molecular weight excluding hydrogens is 578 g/mol. The average Bonchev–Trinajstić information content (AvgIpc) is 3.33. The minimum Gasteiger partial charge on any atom is -0.394 e. The molecule has 44 heavy (non-hydrogen) atoms. The van der Waals surface area contributed by atoms with Crippen LogP contribution in [0.1, 0.15) is 39.2 Å². The van der Waals surface area contributed by atoms with Gasteiger partial charge in [0, 0.05) is 19.6 Å². The van der Waals surface area contributed by atoms with Gasteiger partial charge >= 0.3 is 0 Å². The van der Waals surface area contributed by atoms with E-state index in [2.05, 4.69) is 0 Å². The van der Waals surface area contributed by atoms with E-state index >= 15 is 0 Å². The Morgan fingerprint density at radius 1 is 0.932 bits per heavy atom. The van der Waals surface area contributed by atoms with Gasteiger partial charge in [-0.1, -0.05) is 106 Å². The van der Waals surface area contributed by atoms with Crippen LogP contribution in [0.4, 0.5) is 5.69 Å². The topological polar surface area (TPSA) is 90.4 Å². The molecule has 4 heterocycles. The first-order valence-corrected chi connectivity index (χ1v) is 16.0. The number of carbonyl (C=O) groups is 3. The molecule has 7 atom stereocenters. The van der Waals surface area contributed by atoms with E-state index in [1.807, 2.05) is 81.5 Å². The summed E-state index contributed by atoms with van der Waals surface area (Å²) >= 11 is 6.59. The number of aliphatic hydroxyl groups is 1. The molecule has 0 radical (unpaired) electrons. The number of carbonyl (C=O) groups excluding carboxylic acids is 3. The van der Waals surface area contributed by atoms with E-state index in [0.717, 1.165) is 5.56 Å². The fourth-order valence-electron chi connectivity index (χ4n) is 7.75. The first-order chi connectivity index (χ1) is 21.2. The second-order valence-corrected chi connectivity index (χ2v) is 12.8. The van der Waals surface area contributed by atoms with E-state index < -0.39 is 35.1 Å². The zero-order chi connectivity index (χ0) is 31.2. The van der Waals surface area contributed by atoms with Crippen molar-refractivity contribution in [2.75, 3.05) is 24.6 Å². The largest absolute Gasteiger partial charge is 0.394 e. The molecule has 2 fully saturated rings.